The van der Waals surface area contributed by atoms with Crippen molar-refractivity contribution in [2.24, 2.45) is 0 Å². The second kappa shape index (κ2) is 17.5. The maximum Gasteiger partial charge on any atom is 0.333 e. The van der Waals surface area contributed by atoms with Gasteiger partial charge in [-0.1, -0.05) is 77.2 Å². The molecule has 0 amide bonds. The minimum atomic E-state index is -0.260. The van der Waals surface area contributed by atoms with E-state index in [0.29, 0.717) is 12.2 Å². The van der Waals surface area contributed by atoms with Gasteiger partial charge < -0.3 is 9.47 Å². The molecule has 0 rings (SSSR count). The van der Waals surface area contributed by atoms with Gasteiger partial charge in [0.2, 0.25) is 0 Å². The summed E-state index contributed by atoms with van der Waals surface area (Å²) in [5.41, 5.74) is 0.486. The summed E-state index contributed by atoms with van der Waals surface area (Å²) in [4.78, 5) is 11.2. The van der Waals surface area contributed by atoms with E-state index in [4.69, 9.17) is 9.47 Å². The van der Waals surface area contributed by atoms with Gasteiger partial charge in [-0.3, -0.25) is 0 Å². The molecule has 0 aromatic carbocycles. The Labute approximate surface area is 143 Å². The third-order valence-corrected chi connectivity index (χ3v) is 4.07. The molecule has 0 spiro atoms. The van der Waals surface area contributed by atoms with Gasteiger partial charge in [-0.25, -0.2) is 4.79 Å². The Morgan fingerprint density at radius 2 is 1.04 bits per heavy atom. The fourth-order valence-electron chi connectivity index (χ4n) is 2.58. The number of hydrogen-bond acceptors (Lipinski definition) is 3. The predicted octanol–water partition coefficient (Wildman–Crippen LogP) is 5.82. The largest absolute Gasteiger partial charge is 0.462 e. The zero-order valence-corrected chi connectivity index (χ0v) is 15.5. The van der Waals surface area contributed by atoms with Crippen LogP contribution in [0, 0.1) is 0 Å². The zero-order valence-electron chi connectivity index (χ0n) is 15.5. The lowest BCUT2D eigenvalue weighted by molar-refractivity contribution is -0.139. The molecule has 3 heteroatoms. The Morgan fingerprint density at radius 1 is 0.696 bits per heavy atom. The molecule has 0 saturated heterocycles. The van der Waals surface area contributed by atoms with Crippen LogP contribution in [0.15, 0.2) is 12.2 Å². The van der Waals surface area contributed by atoms with Crippen LogP contribution in [0.25, 0.3) is 0 Å². The standard InChI is InChI=1S/C20H38O3/c1-19(2)20(21)23-18-16-14-12-10-8-6-4-5-7-9-11-13-15-17-22-3/h1,4-18H2,2-3H3. The highest BCUT2D eigenvalue weighted by Crippen LogP contribution is 2.12. The third-order valence-electron chi connectivity index (χ3n) is 4.07. The van der Waals surface area contributed by atoms with E-state index >= 15 is 0 Å². The fraction of sp³-hybridized carbons (Fsp3) is 0.850. The average Bonchev–Trinajstić information content (AvgIpc) is 2.54. The summed E-state index contributed by atoms with van der Waals surface area (Å²) in [6.07, 6.45) is 16.8. The zero-order chi connectivity index (χ0) is 17.2. The third kappa shape index (κ3) is 17.4. The minimum absolute atomic E-state index is 0.260. The van der Waals surface area contributed by atoms with Crippen molar-refractivity contribution in [3.8, 4) is 0 Å². The molecule has 0 aliphatic rings. The molecule has 23 heavy (non-hydrogen) atoms. The number of ether oxygens (including phenoxy) is 2. The van der Waals surface area contributed by atoms with Crippen LogP contribution in [0.2, 0.25) is 0 Å². The smallest absolute Gasteiger partial charge is 0.333 e. The molecule has 0 saturated carbocycles. The number of unbranched alkanes of at least 4 members (excludes halogenated alkanes) is 12. The Morgan fingerprint density at radius 3 is 1.39 bits per heavy atom. The van der Waals surface area contributed by atoms with Gasteiger partial charge >= 0.3 is 5.97 Å². The predicted molar refractivity (Wildman–Crippen MR) is 97.7 cm³/mol. The first-order chi connectivity index (χ1) is 11.2. The fourth-order valence-corrected chi connectivity index (χ4v) is 2.58. The van der Waals surface area contributed by atoms with Gasteiger partial charge in [-0.2, -0.15) is 0 Å². The summed E-state index contributed by atoms with van der Waals surface area (Å²) in [5, 5.41) is 0. The molecule has 0 aliphatic heterocycles. The first-order valence-corrected chi connectivity index (χ1v) is 9.50. The van der Waals surface area contributed by atoms with Crippen LogP contribution in [-0.4, -0.2) is 26.3 Å². The molecule has 0 radical (unpaired) electrons. The van der Waals surface area contributed by atoms with Crippen LogP contribution < -0.4 is 0 Å². The second-order valence-corrected chi connectivity index (χ2v) is 6.51. The summed E-state index contributed by atoms with van der Waals surface area (Å²) in [6.45, 7) is 6.70. The topological polar surface area (TPSA) is 35.5 Å². The van der Waals surface area contributed by atoms with Crippen molar-refractivity contribution >= 4 is 5.97 Å². The van der Waals surface area contributed by atoms with E-state index in [2.05, 4.69) is 6.58 Å². The van der Waals surface area contributed by atoms with E-state index in [1.54, 1.807) is 14.0 Å². The van der Waals surface area contributed by atoms with Gasteiger partial charge in [0.05, 0.1) is 6.61 Å². The normalized spacial score (nSPS) is 10.7. The Bertz CT molecular complexity index is 287. The van der Waals surface area contributed by atoms with Crippen molar-refractivity contribution in [2.45, 2.75) is 90.4 Å². The van der Waals surface area contributed by atoms with E-state index in [1.807, 2.05) is 0 Å². The SMILES string of the molecule is C=C(C)C(=O)OCCCCCCCCCCCCCCCOC. The minimum Gasteiger partial charge on any atom is -0.462 e. The maximum atomic E-state index is 11.2. The van der Waals surface area contributed by atoms with E-state index in [-0.39, 0.29) is 5.97 Å². The van der Waals surface area contributed by atoms with Crippen molar-refractivity contribution in [1.82, 2.24) is 0 Å². The summed E-state index contributed by atoms with van der Waals surface area (Å²) < 4.78 is 10.1. The monoisotopic (exact) mass is 326 g/mol. The van der Waals surface area contributed by atoms with Crippen molar-refractivity contribution in [2.75, 3.05) is 20.3 Å². The van der Waals surface area contributed by atoms with Crippen molar-refractivity contribution in [3.05, 3.63) is 12.2 Å². The number of esters is 1. The molecular weight excluding hydrogens is 288 g/mol. The Balaban J connectivity index is 3.05. The molecule has 3 nitrogen and oxygen atoms in total. The van der Waals surface area contributed by atoms with Crippen molar-refractivity contribution in [1.29, 1.82) is 0 Å². The average molecular weight is 327 g/mol. The van der Waals surface area contributed by atoms with Crippen LogP contribution in [0.5, 0.6) is 0 Å². The summed E-state index contributed by atoms with van der Waals surface area (Å²) in [5.74, 6) is -0.260. The Hall–Kier alpha value is -0.830. The molecule has 0 N–H and O–H groups in total. The van der Waals surface area contributed by atoms with Crippen LogP contribution in [0.4, 0.5) is 0 Å². The molecule has 0 atom stereocenters. The molecule has 136 valence electrons. The van der Waals surface area contributed by atoms with Crippen LogP contribution in [0.3, 0.4) is 0 Å². The highest BCUT2D eigenvalue weighted by Gasteiger charge is 2.01. The van der Waals surface area contributed by atoms with E-state index in [0.717, 1.165) is 19.4 Å². The number of methoxy groups -OCH3 is 1. The van der Waals surface area contributed by atoms with Gasteiger partial charge in [-0.05, 0) is 19.8 Å². The number of carbonyl (C=O) groups is 1. The summed E-state index contributed by atoms with van der Waals surface area (Å²) >= 11 is 0. The molecule has 0 unspecified atom stereocenters. The lowest BCUT2D eigenvalue weighted by atomic mass is 10.0. The Kier molecular flexibility index (Phi) is 16.9. The number of rotatable bonds is 17. The van der Waals surface area contributed by atoms with Crippen molar-refractivity contribution in [3.63, 3.8) is 0 Å². The van der Waals surface area contributed by atoms with Gasteiger partial charge in [0.25, 0.3) is 0 Å². The van der Waals surface area contributed by atoms with Crippen molar-refractivity contribution < 1.29 is 14.3 Å². The summed E-state index contributed by atoms with van der Waals surface area (Å²) in [7, 11) is 1.78. The van der Waals surface area contributed by atoms with Gasteiger partial charge in [0.15, 0.2) is 0 Å². The maximum absolute atomic E-state index is 11.2. The molecular formula is C20H38O3. The summed E-state index contributed by atoms with van der Waals surface area (Å²) in [6, 6.07) is 0. The van der Waals surface area contributed by atoms with Crippen LogP contribution >= 0.6 is 0 Å². The number of carbonyl (C=O) groups excluding carboxylic acids is 1. The van der Waals surface area contributed by atoms with Gasteiger partial charge in [0.1, 0.15) is 0 Å². The lowest BCUT2D eigenvalue weighted by Crippen LogP contribution is -2.05. The first-order valence-electron chi connectivity index (χ1n) is 9.50. The van der Waals surface area contributed by atoms with Gasteiger partial charge in [0, 0.05) is 19.3 Å². The van der Waals surface area contributed by atoms with E-state index in [1.165, 1.54) is 70.6 Å². The highest BCUT2D eigenvalue weighted by molar-refractivity contribution is 5.86. The molecule has 0 fully saturated rings. The van der Waals surface area contributed by atoms with E-state index < -0.39 is 0 Å². The van der Waals surface area contributed by atoms with Crippen LogP contribution in [-0.2, 0) is 14.3 Å². The molecule has 0 aliphatic carbocycles. The molecule has 0 bridgehead atoms. The van der Waals surface area contributed by atoms with Crippen LogP contribution in [0.1, 0.15) is 90.4 Å². The first kappa shape index (κ1) is 22.2. The second-order valence-electron chi connectivity index (χ2n) is 6.51. The van der Waals surface area contributed by atoms with E-state index in [9.17, 15) is 4.79 Å². The quantitative estimate of drug-likeness (QED) is 0.192. The molecule has 0 aromatic rings. The molecule has 0 heterocycles. The molecule has 0 aromatic heterocycles. The number of hydrogen-bond donors (Lipinski definition) is 0. The highest BCUT2D eigenvalue weighted by atomic mass is 16.5. The lowest BCUT2D eigenvalue weighted by Gasteiger charge is -2.05. The van der Waals surface area contributed by atoms with Gasteiger partial charge in [-0.15, -0.1) is 0 Å².